The van der Waals surface area contributed by atoms with Crippen molar-refractivity contribution in [1.29, 1.82) is 0 Å². The maximum absolute atomic E-state index is 13.7. The SMILES string of the molecule is COc1ccc2c(c1)C1(C(=O)c3ccccc3C1=O)C(C(=O)c1ccc(Cl)cc1)=C2. The van der Waals surface area contributed by atoms with Crippen LogP contribution in [0.2, 0.25) is 5.02 Å². The summed E-state index contributed by atoms with van der Waals surface area (Å²) in [6.07, 6.45) is 1.65. The molecule has 30 heavy (non-hydrogen) atoms. The Morgan fingerprint density at radius 2 is 1.53 bits per heavy atom. The van der Waals surface area contributed by atoms with Gasteiger partial charge in [0.1, 0.15) is 5.75 Å². The fourth-order valence-electron chi connectivity index (χ4n) is 4.39. The van der Waals surface area contributed by atoms with Gasteiger partial charge in [0.25, 0.3) is 0 Å². The average Bonchev–Trinajstić information content (AvgIpc) is 3.23. The molecule has 0 radical (unpaired) electrons. The summed E-state index contributed by atoms with van der Waals surface area (Å²) in [6, 6.07) is 18.3. The molecule has 3 aromatic carbocycles. The number of benzene rings is 3. The van der Waals surface area contributed by atoms with Gasteiger partial charge in [0.05, 0.1) is 7.11 Å². The maximum Gasteiger partial charge on any atom is 0.190 e. The molecule has 0 aliphatic heterocycles. The minimum absolute atomic E-state index is 0.152. The van der Waals surface area contributed by atoms with E-state index in [-0.39, 0.29) is 22.9 Å². The predicted molar refractivity (Wildman–Crippen MR) is 114 cm³/mol. The van der Waals surface area contributed by atoms with E-state index in [0.717, 1.165) is 0 Å². The lowest BCUT2D eigenvalue weighted by molar-refractivity contribution is 0.0804. The fourth-order valence-corrected chi connectivity index (χ4v) is 4.52. The molecule has 5 rings (SSSR count). The molecule has 0 unspecified atom stereocenters. The third-order valence-corrected chi connectivity index (χ3v) is 6.07. The van der Waals surface area contributed by atoms with Crippen LogP contribution < -0.4 is 4.74 Å². The molecule has 2 aliphatic rings. The topological polar surface area (TPSA) is 60.4 Å². The van der Waals surface area contributed by atoms with E-state index in [0.29, 0.717) is 38.6 Å². The van der Waals surface area contributed by atoms with E-state index in [2.05, 4.69) is 0 Å². The standard InChI is InChI=1S/C25H15ClO4/c1-30-17-11-8-15-12-21(22(27)14-6-9-16(26)10-7-14)25(20(15)13-17)23(28)18-4-2-3-5-19(18)24(25)29/h2-13H,1H3. The summed E-state index contributed by atoms with van der Waals surface area (Å²) >= 11 is 5.96. The van der Waals surface area contributed by atoms with Crippen LogP contribution in [0.1, 0.15) is 42.2 Å². The van der Waals surface area contributed by atoms with Crippen molar-refractivity contribution >= 4 is 35.0 Å². The van der Waals surface area contributed by atoms with Crippen molar-refractivity contribution in [2.75, 3.05) is 7.11 Å². The van der Waals surface area contributed by atoms with E-state index >= 15 is 0 Å². The maximum atomic E-state index is 13.7. The molecule has 0 aromatic heterocycles. The van der Waals surface area contributed by atoms with E-state index < -0.39 is 5.41 Å². The number of methoxy groups -OCH3 is 1. The summed E-state index contributed by atoms with van der Waals surface area (Å²) in [5, 5.41) is 0.495. The molecule has 2 aliphatic carbocycles. The van der Waals surface area contributed by atoms with Gasteiger partial charge in [-0.25, -0.2) is 0 Å². The molecular weight excluding hydrogens is 400 g/mol. The summed E-state index contributed by atoms with van der Waals surface area (Å²) in [6.45, 7) is 0. The Bertz CT molecular complexity index is 1250. The van der Waals surface area contributed by atoms with Crippen LogP contribution in [-0.4, -0.2) is 24.5 Å². The van der Waals surface area contributed by atoms with Crippen molar-refractivity contribution in [2.24, 2.45) is 0 Å². The number of fused-ring (bicyclic) bond motifs is 3. The lowest BCUT2D eigenvalue weighted by Gasteiger charge is -2.25. The first-order valence-electron chi connectivity index (χ1n) is 9.38. The quantitative estimate of drug-likeness (QED) is 0.449. The summed E-state index contributed by atoms with van der Waals surface area (Å²) in [5.74, 6) is -0.637. The Kier molecular flexibility index (Phi) is 4.02. The van der Waals surface area contributed by atoms with Crippen LogP contribution in [0, 0.1) is 0 Å². The molecule has 146 valence electrons. The van der Waals surface area contributed by atoms with Crippen molar-refractivity contribution in [1.82, 2.24) is 0 Å². The van der Waals surface area contributed by atoms with Gasteiger partial charge in [0.2, 0.25) is 0 Å². The van der Waals surface area contributed by atoms with Gasteiger partial charge in [-0.3, -0.25) is 14.4 Å². The Hall–Kier alpha value is -3.50. The lowest BCUT2D eigenvalue weighted by atomic mass is 9.71. The zero-order valence-electron chi connectivity index (χ0n) is 15.9. The number of hydrogen-bond acceptors (Lipinski definition) is 4. The van der Waals surface area contributed by atoms with Crippen molar-refractivity contribution < 1.29 is 19.1 Å². The van der Waals surface area contributed by atoms with Gasteiger partial charge in [-0.2, -0.15) is 0 Å². The normalized spacial score (nSPS) is 15.7. The van der Waals surface area contributed by atoms with Gasteiger partial charge >= 0.3 is 0 Å². The number of ketones is 3. The molecule has 0 saturated heterocycles. The van der Waals surface area contributed by atoms with E-state index in [4.69, 9.17) is 16.3 Å². The third kappa shape index (κ3) is 2.31. The van der Waals surface area contributed by atoms with Gasteiger partial charge in [0, 0.05) is 27.3 Å². The first kappa shape index (κ1) is 18.5. The number of ether oxygens (including phenoxy) is 1. The first-order valence-corrected chi connectivity index (χ1v) is 9.76. The molecule has 1 spiro atoms. The molecule has 0 saturated carbocycles. The van der Waals surface area contributed by atoms with E-state index in [1.807, 2.05) is 0 Å². The summed E-state index contributed by atoms with van der Waals surface area (Å²) in [4.78, 5) is 41.0. The highest BCUT2D eigenvalue weighted by Gasteiger charge is 2.60. The second-order valence-corrected chi connectivity index (χ2v) is 7.74. The lowest BCUT2D eigenvalue weighted by Crippen LogP contribution is -2.41. The number of carbonyl (C=O) groups is 3. The zero-order chi connectivity index (χ0) is 21.0. The predicted octanol–water partition coefficient (Wildman–Crippen LogP) is 4.95. The molecule has 0 bridgehead atoms. The highest BCUT2D eigenvalue weighted by molar-refractivity contribution is 6.41. The number of rotatable bonds is 3. The number of carbonyl (C=O) groups excluding carboxylic acids is 3. The molecule has 0 atom stereocenters. The van der Waals surface area contributed by atoms with E-state index in [9.17, 15) is 14.4 Å². The molecule has 0 heterocycles. The molecular formula is C25H15ClO4. The summed E-state index contributed by atoms with van der Waals surface area (Å²) in [7, 11) is 1.52. The van der Waals surface area contributed by atoms with Gasteiger partial charge in [-0.15, -0.1) is 0 Å². The minimum atomic E-state index is -1.70. The Labute approximate surface area is 177 Å². The largest absolute Gasteiger partial charge is 0.497 e. The van der Waals surface area contributed by atoms with Crippen LogP contribution in [0.25, 0.3) is 6.08 Å². The van der Waals surface area contributed by atoms with Crippen LogP contribution in [0.5, 0.6) is 5.75 Å². The van der Waals surface area contributed by atoms with Crippen LogP contribution in [0.3, 0.4) is 0 Å². The highest BCUT2D eigenvalue weighted by atomic mass is 35.5. The summed E-state index contributed by atoms with van der Waals surface area (Å²) < 4.78 is 5.34. The smallest absolute Gasteiger partial charge is 0.190 e. The Morgan fingerprint density at radius 1 is 0.900 bits per heavy atom. The number of allylic oxidation sites excluding steroid dienone is 1. The number of halogens is 1. The van der Waals surface area contributed by atoms with Crippen molar-refractivity contribution in [3.05, 3.63) is 105 Å². The molecule has 0 N–H and O–H groups in total. The number of Topliss-reactive ketones (excluding diaryl/α,β-unsaturated/α-hetero) is 3. The molecule has 5 heteroatoms. The van der Waals surface area contributed by atoms with Gasteiger partial charge in [-0.1, -0.05) is 41.9 Å². The van der Waals surface area contributed by atoms with Gasteiger partial charge in [0.15, 0.2) is 22.8 Å². The minimum Gasteiger partial charge on any atom is -0.497 e. The number of hydrogen-bond donors (Lipinski definition) is 0. The second-order valence-electron chi connectivity index (χ2n) is 7.30. The Balaban J connectivity index is 1.77. The fraction of sp³-hybridized carbons (Fsp3) is 0.0800. The molecule has 0 fully saturated rings. The third-order valence-electron chi connectivity index (χ3n) is 5.82. The van der Waals surface area contributed by atoms with Crippen molar-refractivity contribution in [3.63, 3.8) is 0 Å². The van der Waals surface area contributed by atoms with Crippen LogP contribution in [0.15, 0.2) is 72.3 Å². The van der Waals surface area contributed by atoms with E-state index in [1.165, 1.54) is 7.11 Å². The first-order chi connectivity index (χ1) is 14.5. The van der Waals surface area contributed by atoms with Crippen LogP contribution in [0.4, 0.5) is 0 Å². The van der Waals surface area contributed by atoms with Crippen LogP contribution in [-0.2, 0) is 5.41 Å². The van der Waals surface area contributed by atoms with E-state index in [1.54, 1.807) is 72.8 Å². The van der Waals surface area contributed by atoms with Crippen LogP contribution >= 0.6 is 11.6 Å². The average molecular weight is 415 g/mol. The summed E-state index contributed by atoms with van der Waals surface area (Å²) in [5.41, 5.74) is 0.596. The van der Waals surface area contributed by atoms with Gasteiger partial charge in [-0.05, 0) is 53.6 Å². The monoisotopic (exact) mass is 414 g/mol. The van der Waals surface area contributed by atoms with Crippen molar-refractivity contribution in [3.8, 4) is 5.75 Å². The second kappa shape index (κ2) is 6.51. The van der Waals surface area contributed by atoms with Crippen molar-refractivity contribution in [2.45, 2.75) is 5.41 Å². The zero-order valence-corrected chi connectivity index (χ0v) is 16.7. The Morgan fingerprint density at radius 3 is 2.13 bits per heavy atom. The highest BCUT2D eigenvalue weighted by Crippen LogP contribution is 2.52. The van der Waals surface area contributed by atoms with Gasteiger partial charge < -0.3 is 4.74 Å². The molecule has 4 nitrogen and oxygen atoms in total. The molecule has 3 aromatic rings. The molecule has 0 amide bonds.